The van der Waals surface area contributed by atoms with Crippen molar-refractivity contribution in [1.29, 1.82) is 0 Å². The van der Waals surface area contributed by atoms with Gasteiger partial charge in [0.2, 0.25) is 0 Å². The maximum Gasteiger partial charge on any atom is 0.182 e. The number of rotatable bonds is 3. The summed E-state index contributed by atoms with van der Waals surface area (Å²) < 4.78 is 0. The highest BCUT2D eigenvalue weighted by Crippen LogP contribution is 2.25. The van der Waals surface area contributed by atoms with Crippen molar-refractivity contribution in [1.82, 2.24) is 19.9 Å². The van der Waals surface area contributed by atoms with Gasteiger partial charge in [-0.15, -0.1) is 0 Å². The summed E-state index contributed by atoms with van der Waals surface area (Å²) in [4.78, 5) is 15.4. The topological polar surface area (TPSA) is 86.7 Å². The molecule has 1 aliphatic rings. The number of aromatic amines is 1. The van der Waals surface area contributed by atoms with Gasteiger partial charge in [-0.05, 0) is 25.2 Å². The van der Waals surface area contributed by atoms with E-state index in [9.17, 15) is 5.11 Å². The number of anilines is 1. The number of nitrogens with zero attached hydrogens (tertiary/aromatic N) is 3. The van der Waals surface area contributed by atoms with E-state index in [-0.39, 0.29) is 6.10 Å². The molecule has 2 atom stereocenters. The second-order valence-electron chi connectivity index (χ2n) is 4.89. The van der Waals surface area contributed by atoms with E-state index < -0.39 is 0 Å². The number of hydrogen-bond donors (Lipinski definition) is 3. The first kappa shape index (κ1) is 11.4. The highest BCUT2D eigenvalue weighted by atomic mass is 16.3. The summed E-state index contributed by atoms with van der Waals surface area (Å²) in [6.07, 6.45) is 7.09. The van der Waals surface area contributed by atoms with Crippen molar-refractivity contribution in [3.63, 3.8) is 0 Å². The van der Waals surface area contributed by atoms with E-state index >= 15 is 0 Å². The van der Waals surface area contributed by atoms with Gasteiger partial charge >= 0.3 is 0 Å². The quantitative estimate of drug-likeness (QED) is 0.761. The predicted octanol–water partition coefficient (Wildman–Crippen LogP) is 1.32. The van der Waals surface area contributed by atoms with Crippen LogP contribution in [0.15, 0.2) is 12.7 Å². The molecule has 2 heterocycles. The summed E-state index contributed by atoms with van der Waals surface area (Å²) in [7, 11) is 0. The van der Waals surface area contributed by atoms with Crippen molar-refractivity contribution in [3.8, 4) is 0 Å². The van der Waals surface area contributed by atoms with Crippen LogP contribution in [-0.2, 0) is 0 Å². The van der Waals surface area contributed by atoms with Crippen molar-refractivity contribution in [2.24, 2.45) is 5.92 Å². The molecule has 1 saturated carbocycles. The van der Waals surface area contributed by atoms with Crippen LogP contribution in [0.2, 0.25) is 0 Å². The minimum Gasteiger partial charge on any atom is -0.393 e. The molecule has 3 N–H and O–H groups in total. The first-order chi connectivity index (χ1) is 8.83. The number of aliphatic hydroxyl groups is 1. The number of fused-ring (bicyclic) bond motifs is 1. The number of nitrogens with one attached hydrogen (secondary N) is 2. The van der Waals surface area contributed by atoms with Gasteiger partial charge in [0.05, 0.1) is 12.4 Å². The van der Waals surface area contributed by atoms with Gasteiger partial charge in [0, 0.05) is 6.54 Å². The summed E-state index contributed by atoms with van der Waals surface area (Å²) in [5.41, 5.74) is 1.52. The fraction of sp³-hybridized carbons (Fsp3) is 0.583. The molecule has 0 aromatic carbocycles. The zero-order valence-electron chi connectivity index (χ0n) is 10.1. The standard InChI is InChI=1S/C12H17N5O/c18-9-3-1-2-8(4-9)5-13-11-10-12(15-6-14-10)17-7-16-11/h6-9,18H,1-5H2,(H2,13,14,15,16,17). The molecule has 0 amide bonds. The Kier molecular flexibility index (Phi) is 3.10. The number of aromatic nitrogens is 4. The first-order valence-corrected chi connectivity index (χ1v) is 6.39. The maximum absolute atomic E-state index is 9.65. The second-order valence-corrected chi connectivity index (χ2v) is 4.89. The lowest BCUT2D eigenvalue weighted by Gasteiger charge is -2.26. The first-order valence-electron chi connectivity index (χ1n) is 6.39. The number of imidazole rings is 1. The van der Waals surface area contributed by atoms with Crippen molar-refractivity contribution >= 4 is 17.0 Å². The van der Waals surface area contributed by atoms with Crippen LogP contribution in [0.1, 0.15) is 25.7 Å². The third-order valence-electron chi connectivity index (χ3n) is 3.54. The van der Waals surface area contributed by atoms with Crippen molar-refractivity contribution in [2.75, 3.05) is 11.9 Å². The molecule has 96 valence electrons. The Labute approximate surface area is 105 Å². The summed E-state index contributed by atoms with van der Waals surface area (Å²) in [6.45, 7) is 0.836. The average Bonchev–Trinajstić information content (AvgIpc) is 2.85. The van der Waals surface area contributed by atoms with Crippen LogP contribution in [0.4, 0.5) is 5.82 Å². The number of hydrogen-bond acceptors (Lipinski definition) is 5. The van der Waals surface area contributed by atoms with Crippen LogP contribution in [0.3, 0.4) is 0 Å². The molecule has 0 aliphatic heterocycles. The molecule has 1 fully saturated rings. The molecule has 0 spiro atoms. The fourth-order valence-corrected chi connectivity index (χ4v) is 2.59. The van der Waals surface area contributed by atoms with E-state index in [1.165, 1.54) is 12.7 Å². The van der Waals surface area contributed by atoms with Crippen LogP contribution >= 0.6 is 0 Å². The third-order valence-corrected chi connectivity index (χ3v) is 3.54. The minimum atomic E-state index is -0.136. The number of aliphatic hydroxyl groups excluding tert-OH is 1. The van der Waals surface area contributed by atoms with E-state index in [4.69, 9.17) is 0 Å². The van der Waals surface area contributed by atoms with Gasteiger partial charge in [-0.1, -0.05) is 6.42 Å². The van der Waals surface area contributed by atoms with E-state index in [1.54, 1.807) is 6.33 Å². The van der Waals surface area contributed by atoms with Crippen molar-refractivity contribution < 1.29 is 5.11 Å². The Bertz CT molecular complexity index is 526. The monoisotopic (exact) mass is 247 g/mol. The molecule has 0 radical (unpaired) electrons. The summed E-state index contributed by atoms with van der Waals surface area (Å²) >= 11 is 0. The fourth-order valence-electron chi connectivity index (χ4n) is 2.59. The van der Waals surface area contributed by atoms with E-state index in [0.29, 0.717) is 11.6 Å². The molecule has 2 unspecified atom stereocenters. The maximum atomic E-state index is 9.65. The molecule has 18 heavy (non-hydrogen) atoms. The van der Waals surface area contributed by atoms with E-state index in [2.05, 4.69) is 25.3 Å². The highest BCUT2D eigenvalue weighted by molar-refractivity contribution is 5.81. The molecule has 6 nitrogen and oxygen atoms in total. The van der Waals surface area contributed by atoms with Gasteiger partial charge in [0.15, 0.2) is 11.5 Å². The highest BCUT2D eigenvalue weighted by Gasteiger charge is 2.20. The van der Waals surface area contributed by atoms with E-state index in [1.807, 2.05) is 0 Å². The van der Waals surface area contributed by atoms with E-state index in [0.717, 1.165) is 37.1 Å². The second kappa shape index (κ2) is 4.89. The average molecular weight is 247 g/mol. The van der Waals surface area contributed by atoms with Gasteiger partial charge in [-0.3, -0.25) is 0 Å². The molecule has 2 aromatic rings. The molecule has 2 aromatic heterocycles. The van der Waals surface area contributed by atoms with Gasteiger partial charge in [-0.25, -0.2) is 15.0 Å². The lowest BCUT2D eigenvalue weighted by molar-refractivity contribution is 0.104. The predicted molar refractivity (Wildman–Crippen MR) is 68.1 cm³/mol. The Hall–Kier alpha value is -1.69. The minimum absolute atomic E-state index is 0.136. The third kappa shape index (κ3) is 2.28. The van der Waals surface area contributed by atoms with Crippen LogP contribution < -0.4 is 5.32 Å². The van der Waals surface area contributed by atoms with Crippen LogP contribution in [0.5, 0.6) is 0 Å². The van der Waals surface area contributed by atoms with Crippen LogP contribution in [0, 0.1) is 5.92 Å². The van der Waals surface area contributed by atoms with Crippen molar-refractivity contribution in [2.45, 2.75) is 31.8 Å². The molecule has 6 heteroatoms. The Balaban J connectivity index is 1.67. The Morgan fingerprint density at radius 1 is 1.33 bits per heavy atom. The SMILES string of the molecule is OC1CCCC(CNc2ncnc3nc[nH]c23)C1. The van der Waals surface area contributed by atoms with Crippen LogP contribution in [0.25, 0.3) is 11.2 Å². The Morgan fingerprint density at radius 3 is 3.17 bits per heavy atom. The molecule has 0 saturated heterocycles. The molecule has 0 bridgehead atoms. The lowest BCUT2D eigenvalue weighted by atomic mass is 9.87. The molecule has 1 aliphatic carbocycles. The summed E-state index contributed by atoms with van der Waals surface area (Å²) in [5, 5.41) is 13.0. The van der Waals surface area contributed by atoms with Crippen LogP contribution in [-0.4, -0.2) is 37.7 Å². The van der Waals surface area contributed by atoms with Gasteiger partial charge < -0.3 is 15.4 Å². The number of H-pyrrole nitrogens is 1. The summed E-state index contributed by atoms with van der Waals surface area (Å²) in [6, 6.07) is 0. The lowest BCUT2D eigenvalue weighted by Crippen LogP contribution is -2.25. The smallest absolute Gasteiger partial charge is 0.182 e. The zero-order valence-corrected chi connectivity index (χ0v) is 10.1. The molecular weight excluding hydrogens is 230 g/mol. The summed E-state index contributed by atoms with van der Waals surface area (Å²) in [5.74, 6) is 1.30. The Morgan fingerprint density at radius 2 is 2.28 bits per heavy atom. The largest absolute Gasteiger partial charge is 0.393 e. The normalized spacial score (nSPS) is 24.3. The van der Waals surface area contributed by atoms with Gasteiger partial charge in [-0.2, -0.15) is 0 Å². The van der Waals surface area contributed by atoms with Gasteiger partial charge in [0.25, 0.3) is 0 Å². The van der Waals surface area contributed by atoms with Gasteiger partial charge in [0.1, 0.15) is 11.8 Å². The van der Waals surface area contributed by atoms with Crippen molar-refractivity contribution in [3.05, 3.63) is 12.7 Å². The zero-order chi connectivity index (χ0) is 12.4. The molecular formula is C12H17N5O. The molecule has 3 rings (SSSR count).